The average molecular weight is 405 g/mol. The smallest absolute Gasteiger partial charge is 0.343 e. The van der Waals surface area contributed by atoms with E-state index in [2.05, 4.69) is 11.4 Å². The van der Waals surface area contributed by atoms with Crippen LogP contribution in [0, 0.1) is 0 Å². The second kappa shape index (κ2) is 6.75. The molecular weight excluding hydrogens is 382 g/mol. The standard InChI is InChI=1S/C23H23N3O4/c1-3-23(29)17-10-19-20-15(11-26(19)21(27)16(17)12-30-22(23)28)13(8-9-24-2)14-6-4-5-7-18(14)25-20/h4-7,10,24,29H,3,8-9,11-12H2,1-2H3/t23-/m0/s1. The zero-order chi connectivity index (χ0) is 21.0. The monoisotopic (exact) mass is 405 g/mol. The first-order valence-electron chi connectivity index (χ1n) is 10.2. The molecule has 0 unspecified atom stereocenters. The molecule has 4 heterocycles. The predicted octanol–water partition coefficient (Wildman–Crippen LogP) is 1.84. The number of nitrogens with one attached hydrogen (secondary N) is 1. The number of likely N-dealkylation sites (N-methyl/N-ethyl adjacent to an activating group) is 1. The summed E-state index contributed by atoms with van der Waals surface area (Å²) in [5, 5.41) is 15.3. The molecule has 2 aromatic heterocycles. The van der Waals surface area contributed by atoms with Gasteiger partial charge in [-0.3, -0.25) is 4.79 Å². The molecule has 1 aromatic carbocycles. The molecule has 0 bridgehead atoms. The van der Waals surface area contributed by atoms with Gasteiger partial charge >= 0.3 is 5.97 Å². The summed E-state index contributed by atoms with van der Waals surface area (Å²) in [4.78, 5) is 30.5. The molecule has 154 valence electrons. The summed E-state index contributed by atoms with van der Waals surface area (Å²) in [7, 11) is 1.92. The van der Waals surface area contributed by atoms with Crippen molar-refractivity contribution in [2.45, 2.75) is 38.5 Å². The number of carbonyl (C=O) groups excluding carboxylic acids is 1. The Morgan fingerprint density at radius 3 is 2.83 bits per heavy atom. The van der Waals surface area contributed by atoms with Crippen LogP contribution in [-0.2, 0) is 34.7 Å². The minimum absolute atomic E-state index is 0.117. The first-order valence-corrected chi connectivity index (χ1v) is 10.2. The third-order valence-corrected chi connectivity index (χ3v) is 6.34. The number of fused-ring (bicyclic) bond motifs is 5. The van der Waals surface area contributed by atoms with Crippen LogP contribution >= 0.6 is 0 Å². The highest BCUT2D eigenvalue weighted by Crippen LogP contribution is 2.40. The maximum atomic E-state index is 13.3. The van der Waals surface area contributed by atoms with Crippen molar-refractivity contribution in [1.82, 2.24) is 14.9 Å². The fourth-order valence-corrected chi connectivity index (χ4v) is 4.65. The highest BCUT2D eigenvalue weighted by atomic mass is 16.6. The lowest BCUT2D eigenvalue weighted by molar-refractivity contribution is -0.172. The number of carbonyl (C=O) groups is 1. The molecule has 0 radical (unpaired) electrons. The fourth-order valence-electron chi connectivity index (χ4n) is 4.65. The molecule has 0 saturated carbocycles. The molecule has 2 aliphatic rings. The highest BCUT2D eigenvalue weighted by molar-refractivity contribution is 5.89. The van der Waals surface area contributed by atoms with E-state index in [1.807, 2.05) is 25.2 Å². The summed E-state index contributed by atoms with van der Waals surface area (Å²) in [6, 6.07) is 9.74. The second-order valence-corrected chi connectivity index (χ2v) is 7.89. The lowest BCUT2D eigenvalue weighted by atomic mass is 9.86. The summed E-state index contributed by atoms with van der Waals surface area (Å²) >= 11 is 0. The summed E-state index contributed by atoms with van der Waals surface area (Å²) in [5.74, 6) is -0.707. The van der Waals surface area contributed by atoms with Crippen molar-refractivity contribution in [3.63, 3.8) is 0 Å². The van der Waals surface area contributed by atoms with E-state index in [4.69, 9.17) is 9.72 Å². The van der Waals surface area contributed by atoms with Crippen molar-refractivity contribution in [3.05, 3.63) is 62.9 Å². The third-order valence-electron chi connectivity index (χ3n) is 6.34. The Morgan fingerprint density at radius 2 is 2.07 bits per heavy atom. The van der Waals surface area contributed by atoms with Crippen molar-refractivity contribution in [2.75, 3.05) is 13.6 Å². The summed E-state index contributed by atoms with van der Waals surface area (Å²) in [6.07, 6.45) is 0.942. The fraction of sp³-hybridized carbons (Fsp3) is 0.348. The van der Waals surface area contributed by atoms with Crippen molar-refractivity contribution in [3.8, 4) is 11.4 Å². The molecule has 0 fully saturated rings. The van der Waals surface area contributed by atoms with E-state index in [-0.39, 0.29) is 18.6 Å². The summed E-state index contributed by atoms with van der Waals surface area (Å²) < 4.78 is 6.83. The maximum Gasteiger partial charge on any atom is 0.343 e. The van der Waals surface area contributed by atoms with E-state index in [0.29, 0.717) is 23.4 Å². The molecular formula is C23H23N3O4. The number of hydrogen-bond acceptors (Lipinski definition) is 6. The maximum absolute atomic E-state index is 13.3. The van der Waals surface area contributed by atoms with Gasteiger partial charge in [0.05, 0.1) is 29.0 Å². The molecule has 30 heavy (non-hydrogen) atoms. The minimum Gasteiger partial charge on any atom is -0.458 e. The van der Waals surface area contributed by atoms with Crippen LogP contribution in [0.15, 0.2) is 35.1 Å². The average Bonchev–Trinajstić information content (AvgIpc) is 3.13. The van der Waals surface area contributed by atoms with Gasteiger partial charge in [0.1, 0.15) is 6.61 Å². The van der Waals surface area contributed by atoms with Crippen LogP contribution in [-0.4, -0.2) is 34.2 Å². The quantitative estimate of drug-likeness (QED) is 0.503. The lowest BCUT2D eigenvalue weighted by Crippen LogP contribution is -2.44. The molecule has 2 N–H and O–H groups in total. The predicted molar refractivity (Wildman–Crippen MR) is 112 cm³/mol. The number of rotatable bonds is 4. The first-order chi connectivity index (χ1) is 14.5. The molecule has 0 amide bonds. The zero-order valence-corrected chi connectivity index (χ0v) is 17.0. The Morgan fingerprint density at radius 1 is 1.27 bits per heavy atom. The minimum atomic E-state index is -1.81. The number of para-hydroxylation sites is 1. The number of nitrogens with zero attached hydrogens (tertiary/aromatic N) is 2. The van der Waals surface area contributed by atoms with Gasteiger partial charge in [-0.25, -0.2) is 9.78 Å². The number of benzene rings is 1. The largest absolute Gasteiger partial charge is 0.458 e. The van der Waals surface area contributed by atoms with E-state index in [0.717, 1.165) is 35.1 Å². The van der Waals surface area contributed by atoms with Gasteiger partial charge in [0.2, 0.25) is 0 Å². The number of pyridine rings is 2. The van der Waals surface area contributed by atoms with E-state index < -0.39 is 11.6 Å². The molecule has 2 aliphatic heterocycles. The van der Waals surface area contributed by atoms with Crippen LogP contribution in [0.25, 0.3) is 22.3 Å². The van der Waals surface area contributed by atoms with Gasteiger partial charge in [-0.05, 0) is 44.1 Å². The van der Waals surface area contributed by atoms with Gasteiger partial charge in [-0.15, -0.1) is 0 Å². The van der Waals surface area contributed by atoms with Crippen LogP contribution in [0.2, 0.25) is 0 Å². The second-order valence-electron chi connectivity index (χ2n) is 7.89. The number of esters is 1. The van der Waals surface area contributed by atoms with Gasteiger partial charge in [0.25, 0.3) is 5.56 Å². The third kappa shape index (κ3) is 2.49. The van der Waals surface area contributed by atoms with Crippen LogP contribution in [0.5, 0.6) is 0 Å². The first kappa shape index (κ1) is 19.0. The van der Waals surface area contributed by atoms with Gasteiger partial charge < -0.3 is 19.7 Å². The summed E-state index contributed by atoms with van der Waals surface area (Å²) in [6.45, 7) is 2.82. The molecule has 0 spiro atoms. The van der Waals surface area contributed by atoms with Crippen LogP contribution in [0.3, 0.4) is 0 Å². The van der Waals surface area contributed by atoms with Crippen LogP contribution in [0.1, 0.15) is 35.6 Å². The Labute approximate surface area is 173 Å². The van der Waals surface area contributed by atoms with Gasteiger partial charge in [0, 0.05) is 16.5 Å². The Bertz CT molecular complexity index is 1260. The molecule has 1 atom stereocenters. The SMILES string of the molecule is CC[C@@]1(O)C(=O)OCc2c1cc1n(c2=O)Cc2c-1nc1ccccc1c2CCNC. The van der Waals surface area contributed by atoms with Crippen molar-refractivity contribution in [2.24, 2.45) is 0 Å². The Kier molecular flexibility index (Phi) is 4.27. The van der Waals surface area contributed by atoms with E-state index >= 15 is 0 Å². The lowest BCUT2D eigenvalue weighted by Gasteiger charge is -2.31. The number of aliphatic hydroxyl groups is 1. The van der Waals surface area contributed by atoms with E-state index in [9.17, 15) is 14.7 Å². The zero-order valence-electron chi connectivity index (χ0n) is 17.0. The van der Waals surface area contributed by atoms with Gasteiger partial charge in [-0.2, -0.15) is 0 Å². The van der Waals surface area contributed by atoms with E-state index in [1.165, 1.54) is 5.56 Å². The molecule has 7 heteroatoms. The van der Waals surface area contributed by atoms with Crippen molar-refractivity contribution < 1.29 is 14.6 Å². The summed E-state index contributed by atoms with van der Waals surface area (Å²) in [5.41, 5.74) is 3.10. The Balaban J connectivity index is 1.80. The molecule has 7 nitrogen and oxygen atoms in total. The van der Waals surface area contributed by atoms with Gasteiger partial charge in [-0.1, -0.05) is 25.1 Å². The topological polar surface area (TPSA) is 93.5 Å². The number of hydrogen-bond donors (Lipinski definition) is 2. The van der Waals surface area contributed by atoms with Gasteiger partial charge in [0.15, 0.2) is 5.60 Å². The normalized spacial score (nSPS) is 19.4. The molecule has 3 aromatic rings. The molecule has 5 rings (SSSR count). The van der Waals surface area contributed by atoms with Crippen molar-refractivity contribution in [1.29, 1.82) is 0 Å². The van der Waals surface area contributed by atoms with Crippen molar-refractivity contribution >= 4 is 16.9 Å². The van der Waals surface area contributed by atoms with E-state index in [1.54, 1.807) is 17.6 Å². The number of cyclic esters (lactones) is 1. The van der Waals surface area contributed by atoms with Crippen LogP contribution < -0.4 is 10.9 Å². The molecule has 0 saturated heterocycles. The highest BCUT2D eigenvalue weighted by Gasteiger charge is 2.45. The Hall–Kier alpha value is -3.03. The number of ether oxygens (including phenoxy) is 1. The van der Waals surface area contributed by atoms with Crippen LogP contribution in [0.4, 0.5) is 0 Å². The number of aromatic nitrogens is 2. The molecule has 0 aliphatic carbocycles.